The van der Waals surface area contributed by atoms with Crippen molar-refractivity contribution in [2.45, 2.75) is 19.6 Å². The predicted octanol–water partition coefficient (Wildman–Crippen LogP) is 10.8. The Morgan fingerprint density at radius 3 is 1.51 bits per heavy atom. The van der Waals surface area contributed by atoms with E-state index in [0.717, 1.165) is 58.7 Å². The van der Waals surface area contributed by atoms with E-state index in [2.05, 4.69) is 150 Å². The summed E-state index contributed by atoms with van der Waals surface area (Å²) in [5.74, 6) is 0. The molecule has 0 N–H and O–H groups in total. The smallest absolute Gasteiger partial charge is 0.0541 e. The van der Waals surface area contributed by atoms with Crippen LogP contribution in [-0.2, 0) is 9.07 Å². The minimum absolute atomic E-state index is 0.908. The van der Waals surface area contributed by atoms with Gasteiger partial charge in [0, 0.05) is 50.7 Å². The lowest BCUT2D eigenvalue weighted by Crippen LogP contribution is -2.30. The van der Waals surface area contributed by atoms with Gasteiger partial charge in [-0.1, -0.05) is 115 Å². The molecule has 10 rings (SSSR count). The van der Waals surface area contributed by atoms with Crippen molar-refractivity contribution in [2.24, 2.45) is 0 Å². The molecule has 0 saturated carbocycles. The molecule has 45 heavy (non-hydrogen) atoms. The fourth-order valence-corrected chi connectivity index (χ4v) is 13.3. The molecule has 1 aromatic heterocycles. The molecule has 8 aromatic rings. The molecule has 0 atom stereocenters. The van der Waals surface area contributed by atoms with Crippen molar-refractivity contribution in [2.75, 3.05) is 0 Å². The largest absolute Gasteiger partial charge is 0.309 e. The minimum atomic E-state index is -3.88. The van der Waals surface area contributed by atoms with Crippen molar-refractivity contribution in [1.29, 1.82) is 0 Å². The van der Waals surface area contributed by atoms with Gasteiger partial charge in [-0.3, -0.25) is 4.21 Å². The SMILES string of the molecule is O=S12(c3ccccc3-c3ccccc31)c1ccccc1-c1c(-c3cccc(-n4c5ccccc5c5ccccc54)c3)cccc12. The number of aromatic nitrogens is 1. The Hall–Kier alpha value is -5.51. The zero-order valence-electron chi connectivity index (χ0n) is 24.4. The summed E-state index contributed by atoms with van der Waals surface area (Å²) in [6.45, 7) is 0. The predicted molar refractivity (Wildman–Crippen MR) is 185 cm³/mol. The Morgan fingerprint density at radius 2 is 0.867 bits per heavy atom. The second-order valence-corrected chi connectivity index (χ2v) is 15.7. The zero-order valence-corrected chi connectivity index (χ0v) is 25.2. The number of nitrogens with zero attached hydrogens (tertiary/aromatic N) is 1. The number of hydrogen-bond acceptors (Lipinski definition) is 1. The standard InChI is InChI=1S/C42H27NOS/c44-45(38-23-8-3-17-33(38)34-18-4-9-24-39(34)45)40-25-10-5-19-35(40)42-30(20-12-26-41(42)45)28-13-11-14-29(27-28)43-36-21-6-1-15-31(36)32-16-2-7-22-37(32)43/h1-27H. The van der Waals surface area contributed by atoms with Crippen LogP contribution >= 0.6 is 0 Å². The highest BCUT2D eigenvalue weighted by molar-refractivity contribution is 8.21. The van der Waals surface area contributed by atoms with Gasteiger partial charge in [-0.05, 0) is 76.3 Å². The summed E-state index contributed by atoms with van der Waals surface area (Å²) in [4.78, 5) is 3.65. The fourth-order valence-electron chi connectivity index (χ4n) is 8.17. The van der Waals surface area contributed by atoms with E-state index < -0.39 is 9.07 Å². The van der Waals surface area contributed by atoms with E-state index in [-0.39, 0.29) is 0 Å². The van der Waals surface area contributed by atoms with Gasteiger partial charge in [-0.15, -0.1) is 0 Å². The van der Waals surface area contributed by atoms with Gasteiger partial charge in [-0.2, -0.15) is 0 Å². The molecule has 3 heterocycles. The van der Waals surface area contributed by atoms with Gasteiger partial charge in [0.05, 0.1) is 11.0 Å². The van der Waals surface area contributed by atoms with Gasteiger partial charge in [-0.25, -0.2) is 0 Å². The Morgan fingerprint density at radius 1 is 0.400 bits per heavy atom. The Kier molecular flexibility index (Phi) is 4.73. The lowest BCUT2D eigenvalue weighted by atomic mass is 9.94. The molecule has 2 nitrogen and oxygen atoms in total. The molecular weight excluding hydrogens is 567 g/mol. The molecule has 3 heteroatoms. The molecule has 2 aliphatic heterocycles. The molecular formula is C42H27NOS. The molecule has 0 bridgehead atoms. The van der Waals surface area contributed by atoms with Gasteiger partial charge in [0.2, 0.25) is 0 Å². The van der Waals surface area contributed by atoms with Crippen LogP contribution in [0.4, 0.5) is 0 Å². The van der Waals surface area contributed by atoms with Crippen LogP contribution in [0.2, 0.25) is 0 Å². The zero-order chi connectivity index (χ0) is 29.8. The highest BCUT2D eigenvalue weighted by atomic mass is 32.3. The average Bonchev–Trinajstić information content (AvgIpc) is 3.67. The molecule has 0 fully saturated rings. The molecule has 0 unspecified atom stereocenters. The van der Waals surface area contributed by atoms with Crippen LogP contribution in [0, 0.1) is 0 Å². The second kappa shape index (κ2) is 8.56. The normalized spacial score (nSPS) is 15.7. The maximum Gasteiger partial charge on any atom is 0.0541 e. The molecule has 1 spiro atoms. The highest BCUT2D eigenvalue weighted by Gasteiger charge is 2.57. The Balaban J connectivity index is 1.29. The van der Waals surface area contributed by atoms with Crippen molar-refractivity contribution in [3.8, 4) is 39.1 Å². The van der Waals surface area contributed by atoms with Crippen molar-refractivity contribution in [3.63, 3.8) is 0 Å². The monoisotopic (exact) mass is 593 g/mol. The third kappa shape index (κ3) is 2.88. The average molecular weight is 594 g/mol. The van der Waals surface area contributed by atoms with Crippen molar-refractivity contribution >= 4 is 30.9 Å². The summed E-state index contributed by atoms with van der Waals surface area (Å²) >= 11 is 0. The number of hydrogen-bond donors (Lipinski definition) is 0. The molecule has 0 radical (unpaired) electrons. The first-order chi connectivity index (χ1) is 22.2. The first kappa shape index (κ1) is 24.9. The van der Waals surface area contributed by atoms with Gasteiger partial charge in [0.1, 0.15) is 0 Å². The summed E-state index contributed by atoms with van der Waals surface area (Å²) in [5, 5.41) is 2.48. The first-order valence-corrected chi connectivity index (χ1v) is 17.3. The quantitative estimate of drug-likeness (QED) is 0.195. The van der Waals surface area contributed by atoms with Crippen LogP contribution < -0.4 is 0 Å². The topological polar surface area (TPSA) is 22.0 Å². The van der Waals surface area contributed by atoms with Crippen LogP contribution in [0.5, 0.6) is 0 Å². The number of fused-ring (bicyclic) bond motifs is 13. The van der Waals surface area contributed by atoms with E-state index in [1.165, 1.54) is 21.8 Å². The lowest BCUT2D eigenvalue weighted by Gasteiger charge is -2.38. The van der Waals surface area contributed by atoms with Crippen LogP contribution in [-0.4, -0.2) is 8.78 Å². The summed E-state index contributed by atoms with van der Waals surface area (Å²) in [7, 11) is -3.88. The van der Waals surface area contributed by atoms with Crippen LogP contribution in [0.25, 0.3) is 60.9 Å². The van der Waals surface area contributed by atoms with Crippen molar-refractivity contribution in [3.05, 3.63) is 164 Å². The summed E-state index contributed by atoms with van der Waals surface area (Å²) < 4.78 is 19.2. The molecule has 0 amide bonds. The summed E-state index contributed by atoms with van der Waals surface area (Å²) in [5.41, 5.74) is 9.90. The Bertz CT molecular complexity index is 2520. The molecule has 0 aliphatic carbocycles. The van der Waals surface area contributed by atoms with Gasteiger partial charge in [0.15, 0.2) is 0 Å². The highest BCUT2D eigenvalue weighted by Crippen LogP contribution is 2.71. The van der Waals surface area contributed by atoms with Crippen LogP contribution in [0.1, 0.15) is 0 Å². The van der Waals surface area contributed by atoms with E-state index in [1.807, 2.05) is 18.2 Å². The Labute approximate surface area is 261 Å². The van der Waals surface area contributed by atoms with Crippen molar-refractivity contribution in [1.82, 2.24) is 4.57 Å². The maximum atomic E-state index is 16.8. The number of benzene rings is 7. The molecule has 212 valence electrons. The van der Waals surface area contributed by atoms with Gasteiger partial charge in [0.25, 0.3) is 0 Å². The van der Waals surface area contributed by atoms with E-state index in [1.54, 1.807) is 0 Å². The first-order valence-electron chi connectivity index (χ1n) is 15.4. The minimum Gasteiger partial charge on any atom is -0.309 e. The molecule has 0 saturated heterocycles. The van der Waals surface area contributed by atoms with Gasteiger partial charge < -0.3 is 4.57 Å². The third-order valence-corrected chi connectivity index (χ3v) is 14.7. The summed E-state index contributed by atoms with van der Waals surface area (Å²) in [6.07, 6.45) is 0. The number of rotatable bonds is 2. The van der Waals surface area contributed by atoms with Crippen LogP contribution in [0.15, 0.2) is 183 Å². The van der Waals surface area contributed by atoms with E-state index in [0.29, 0.717) is 0 Å². The fraction of sp³-hybridized carbons (Fsp3) is 0. The van der Waals surface area contributed by atoms with Crippen LogP contribution in [0.3, 0.4) is 0 Å². The molecule has 7 aromatic carbocycles. The number of para-hydroxylation sites is 2. The van der Waals surface area contributed by atoms with E-state index in [9.17, 15) is 0 Å². The maximum absolute atomic E-state index is 16.8. The third-order valence-electron chi connectivity index (χ3n) is 9.92. The van der Waals surface area contributed by atoms with Gasteiger partial charge >= 0.3 is 0 Å². The molecule has 2 aliphatic rings. The second-order valence-electron chi connectivity index (χ2n) is 12.0. The van der Waals surface area contributed by atoms with E-state index >= 15 is 4.21 Å². The summed E-state index contributed by atoms with van der Waals surface area (Å²) in [6, 6.07) is 57.4. The van der Waals surface area contributed by atoms with Crippen molar-refractivity contribution < 1.29 is 4.21 Å². The lowest BCUT2D eigenvalue weighted by molar-refractivity contribution is 0.658. The van der Waals surface area contributed by atoms with E-state index in [4.69, 9.17) is 0 Å².